The zero-order chi connectivity index (χ0) is 39.6. The molecule has 0 amide bonds. The predicted molar refractivity (Wildman–Crippen MR) is 235 cm³/mol. The van der Waals surface area contributed by atoms with Crippen LogP contribution in [-0.2, 0) is 44.9 Å². The topological polar surface area (TPSA) is 54.4 Å². The van der Waals surface area contributed by atoms with E-state index in [1.165, 1.54) is 64.6 Å². The number of fused-ring (bicyclic) bond motifs is 6. The largest absolute Gasteiger partial charge is 0.400 e. The number of ketones is 2. The van der Waals surface area contributed by atoms with E-state index in [4.69, 9.17) is 5.11 Å². The Hall–Kier alpha value is -5.64. The molecule has 0 radical (unpaired) electrons. The molecule has 3 atom stereocenters. The van der Waals surface area contributed by atoms with Crippen molar-refractivity contribution in [3.63, 3.8) is 0 Å². The van der Waals surface area contributed by atoms with Gasteiger partial charge in [-0.05, 0) is 137 Å². The molecule has 3 heteroatoms. The van der Waals surface area contributed by atoms with Crippen LogP contribution in [-0.4, -0.2) is 23.8 Å². The molecule has 0 bridgehead atoms. The van der Waals surface area contributed by atoms with Crippen LogP contribution in [0.1, 0.15) is 107 Å². The Bertz CT molecular complexity index is 2500. The molecule has 3 nitrogen and oxygen atoms in total. The zero-order valence-electron chi connectivity index (χ0n) is 33.5. The Labute approximate surface area is 343 Å². The van der Waals surface area contributed by atoms with Crippen LogP contribution in [0.2, 0.25) is 0 Å². The Kier molecular flexibility index (Phi) is 10.9. The van der Waals surface area contributed by atoms with E-state index in [0.29, 0.717) is 11.7 Å². The molecular formula is C55H52O3. The highest BCUT2D eigenvalue weighted by Crippen LogP contribution is 2.45. The van der Waals surface area contributed by atoms with Gasteiger partial charge in [-0.1, -0.05) is 146 Å². The Morgan fingerprint density at radius 2 is 0.879 bits per heavy atom. The van der Waals surface area contributed by atoms with Gasteiger partial charge in [0.1, 0.15) is 0 Å². The summed E-state index contributed by atoms with van der Waals surface area (Å²) >= 11 is 0. The van der Waals surface area contributed by atoms with E-state index in [1.54, 1.807) is 22.3 Å². The van der Waals surface area contributed by atoms with Crippen LogP contribution in [0.3, 0.4) is 0 Å². The second kappa shape index (κ2) is 16.7. The molecule has 0 spiro atoms. The molecule has 12 rings (SSSR count). The minimum Gasteiger partial charge on any atom is -0.400 e. The molecule has 1 N–H and O–H groups in total. The van der Waals surface area contributed by atoms with E-state index in [0.717, 1.165) is 74.2 Å². The summed E-state index contributed by atoms with van der Waals surface area (Å²) in [5.74, 6) is 2.83. The fraction of sp³-hybridized carbons (Fsp3) is 0.273. The first-order chi connectivity index (χ1) is 28.6. The lowest BCUT2D eigenvalue weighted by molar-refractivity contribution is 0.0917. The maximum Gasteiger partial charge on any atom is 0.189 e. The van der Waals surface area contributed by atoms with Crippen LogP contribution in [0.5, 0.6) is 0 Å². The number of carbonyl (C=O) groups excluding carboxylic acids is 2. The average molecular weight is 761 g/mol. The normalized spacial score (nSPS) is 21.6. The van der Waals surface area contributed by atoms with Crippen molar-refractivity contribution in [2.24, 2.45) is 11.8 Å². The van der Waals surface area contributed by atoms with Gasteiger partial charge in [0, 0.05) is 36.1 Å². The number of aliphatic hydroxyl groups excluding tert-OH is 1. The monoisotopic (exact) mass is 760 g/mol. The van der Waals surface area contributed by atoms with Crippen molar-refractivity contribution < 1.29 is 14.7 Å². The van der Waals surface area contributed by atoms with Crippen molar-refractivity contribution in [3.05, 3.63) is 218 Å². The lowest BCUT2D eigenvalue weighted by Gasteiger charge is -2.19. The van der Waals surface area contributed by atoms with Crippen LogP contribution >= 0.6 is 0 Å². The molecule has 290 valence electrons. The van der Waals surface area contributed by atoms with Crippen LogP contribution in [0.25, 0.3) is 5.57 Å². The first-order valence-electron chi connectivity index (χ1n) is 21.3. The minimum atomic E-state index is 0.168. The summed E-state index contributed by atoms with van der Waals surface area (Å²) in [6.07, 6.45) is 11.3. The zero-order valence-corrected chi connectivity index (χ0v) is 33.5. The van der Waals surface area contributed by atoms with Gasteiger partial charge >= 0.3 is 0 Å². The highest BCUT2D eigenvalue weighted by molar-refractivity contribution is 6.17. The summed E-state index contributed by atoms with van der Waals surface area (Å²) in [6, 6.07) is 51.3. The smallest absolute Gasteiger partial charge is 0.189 e. The molecule has 0 aliphatic heterocycles. The molecule has 0 aromatic heterocycles. The second-order valence-corrected chi connectivity index (χ2v) is 16.7. The Morgan fingerprint density at radius 1 is 0.397 bits per heavy atom. The molecule has 0 fully saturated rings. The van der Waals surface area contributed by atoms with Crippen molar-refractivity contribution in [2.45, 2.75) is 76.0 Å². The number of rotatable bonds is 2. The van der Waals surface area contributed by atoms with Gasteiger partial charge in [-0.15, -0.1) is 0 Å². The van der Waals surface area contributed by atoms with Crippen LogP contribution < -0.4 is 0 Å². The molecule has 6 aliphatic carbocycles. The Morgan fingerprint density at radius 3 is 1.50 bits per heavy atom. The van der Waals surface area contributed by atoms with Crippen LogP contribution in [0, 0.1) is 11.8 Å². The van der Waals surface area contributed by atoms with Crippen LogP contribution in [0.15, 0.2) is 151 Å². The third-order valence-corrected chi connectivity index (χ3v) is 13.8. The lowest BCUT2D eigenvalue weighted by atomic mass is 9.84. The molecule has 0 heterocycles. The summed E-state index contributed by atoms with van der Waals surface area (Å²) in [6.45, 7) is 0. The standard InChI is InChI=1S/C18H16O.C18H14O.C18H18.CH4O/c2*19-18-15-8-4-2-6-13(15)11-17(18)16-10-9-12-5-1-3-7-14(12)16;1-2-7-15-12-16(11-14(15)6-1)18-10-9-13-5-3-4-8-17(13)18;1-2/h1-8,16-17H,9-11H2;1-8H,9-11H2;1-8,16,18H,9-12H2;2H,1H3/b;17-16-;;. The maximum absolute atomic E-state index is 12.6. The van der Waals surface area contributed by atoms with Crippen molar-refractivity contribution in [1.82, 2.24) is 0 Å². The van der Waals surface area contributed by atoms with Gasteiger partial charge in [0.2, 0.25) is 0 Å². The van der Waals surface area contributed by atoms with E-state index >= 15 is 0 Å². The van der Waals surface area contributed by atoms with Gasteiger partial charge in [-0.3, -0.25) is 9.59 Å². The number of aliphatic hydroxyl groups is 1. The summed E-state index contributed by atoms with van der Waals surface area (Å²) < 4.78 is 0. The number of hydrogen-bond donors (Lipinski definition) is 1. The number of carbonyl (C=O) groups is 2. The molecule has 3 unspecified atom stereocenters. The first kappa shape index (κ1) is 37.9. The molecule has 0 saturated heterocycles. The van der Waals surface area contributed by atoms with Gasteiger partial charge in [-0.25, -0.2) is 0 Å². The van der Waals surface area contributed by atoms with Crippen molar-refractivity contribution >= 4 is 17.1 Å². The van der Waals surface area contributed by atoms with E-state index in [-0.39, 0.29) is 11.7 Å². The summed E-state index contributed by atoms with van der Waals surface area (Å²) in [5.41, 5.74) is 18.5. The maximum atomic E-state index is 12.6. The lowest BCUT2D eigenvalue weighted by Crippen LogP contribution is -2.17. The molecule has 58 heavy (non-hydrogen) atoms. The summed E-state index contributed by atoms with van der Waals surface area (Å²) in [5, 5.41) is 7.00. The highest BCUT2D eigenvalue weighted by atomic mass is 16.2. The molecular weight excluding hydrogens is 709 g/mol. The van der Waals surface area contributed by atoms with Crippen molar-refractivity contribution in [1.29, 1.82) is 0 Å². The molecule has 6 aromatic rings. The summed E-state index contributed by atoms with van der Waals surface area (Å²) in [4.78, 5) is 25.1. The Balaban J connectivity index is 0.000000110. The SMILES string of the molecule is CO.O=C1/C(=C2/CCc3ccccc32)Cc2ccccc21.O=C1c2ccccc2CC1C1CCc2ccccc21.c1ccc2c(c1)CC(C1CCc3ccccc31)C2. The quantitative estimate of drug-likeness (QED) is 0.179. The fourth-order valence-corrected chi connectivity index (χ4v) is 11.1. The van der Waals surface area contributed by atoms with Gasteiger partial charge in [0.05, 0.1) is 0 Å². The van der Waals surface area contributed by atoms with Crippen LogP contribution in [0.4, 0.5) is 0 Å². The fourth-order valence-electron chi connectivity index (χ4n) is 11.1. The number of hydrogen-bond acceptors (Lipinski definition) is 3. The van der Waals surface area contributed by atoms with E-state index in [9.17, 15) is 9.59 Å². The van der Waals surface area contributed by atoms with Gasteiger partial charge in [0.25, 0.3) is 0 Å². The molecule has 6 aromatic carbocycles. The minimum absolute atomic E-state index is 0.168. The van der Waals surface area contributed by atoms with Gasteiger partial charge in [0.15, 0.2) is 11.6 Å². The second-order valence-electron chi connectivity index (χ2n) is 16.7. The number of allylic oxidation sites excluding steroid dienone is 2. The molecule has 0 saturated carbocycles. The third-order valence-electron chi connectivity index (χ3n) is 13.8. The van der Waals surface area contributed by atoms with Crippen molar-refractivity contribution in [2.75, 3.05) is 7.11 Å². The first-order valence-corrected chi connectivity index (χ1v) is 21.3. The van der Waals surface area contributed by atoms with E-state index in [1.807, 2.05) is 36.4 Å². The predicted octanol–water partition coefficient (Wildman–Crippen LogP) is 11.3. The number of Topliss-reactive ketones (excluding diaryl/α,β-unsaturated/α-hetero) is 2. The number of aryl methyl sites for hydroxylation is 3. The van der Waals surface area contributed by atoms with E-state index < -0.39 is 0 Å². The van der Waals surface area contributed by atoms with E-state index in [2.05, 4.69) is 109 Å². The number of benzene rings is 6. The third kappa shape index (κ3) is 7.11. The molecule has 6 aliphatic rings. The highest BCUT2D eigenvalue weighted by Gasteiger charge is 2.39. The average Bonchev–Trinajstić information content (AvgIpc) is 4.15. The van der Waals surface area contributed by atoms with Gasteiger partial charge < -0.3 is 5.11 Å². The van der Waals surface area contributed by atoms with Crippen molar-refractivity contribution in [3.8, 4) is 0 Å². The van der Waals surface area contributed by atoms with Gasteiger partial charge in [-0.2, -0.15) is 0 Å². The summed E-state index contributed by atoms with van der Waals surface area (Å²) in [7, 11) is 1.00.